The van der Waals surface area contributed by atoms with Gasteiger partial charge in [-0.3, -0.25) is 0 Å². The number of hydrogen-bond acceptors (Lipinski definition) is 1. The summed E-state index contributed by atoms with van der Waals surface area (Å²) in [7, 11) is 0. The quantitative estimate of drug-likeness (QED) is 0.166. The van der Waals surface area contributed by atoms with Gasteiger partial charge < -0.3 is 4.90 Å². The lowest BCUT2D eigenvalue weighted by molar-refractivity contribution is 1.28. The molecule has 0 amide bonds. The van der Waals surface area contributed by atoms with Crippen LogP contribution in [0.3, 0.4) is 0 Å². The first kappa shape index (κ1) is 30.4. The van der Waals surface area contributed by atoms with Gasteiger partial charge in [0.2, 0.25) is 0 Å². The lowest BCUT2D eigenvalue weighted by Gasteiger charge is -2.26. The fourth-order valence-electron chi connectivity index (χ4n) is 7.27. The maximum atomic E-state index is 2.35. The molecule has 0 unspecified atom stereocenters. The average molecular weight is 650 g/mol. The summed E-state index contributed by atoms with van der Waals surface area (Å²) in [5, 5.41) is 5.03. The Bertz CT molecular complexity index is 2450. The molecule has 0 N–H and O–H groups in total. The van der Waals surface area contributed by atoms with Gasteiger partial charge in [0.15, 0.2) is 0 Å². The second kappa shape index (κ2) is 13.3. The number of rotatable bonds is 7. The highest BCUT2D eigenvalue weighted by Gasteiger charge is 2.15. The minimum Gasteiger partial charge on any atom is -0.311 e. The fourth-order valence-corrected chi connectivity index (χ4v) is 7.27. The van der Waals surface area contributed by atoms with Gasteiger partial charge in [0.05, 0.1) is 0 Å². The summed E-state index contributed by atoms with van der Waals surface area (Å²) in [5.41, 5.74) is 13.1. The molecule has 1 nitrogen and oxygen atoms in total. The Labute approximate surface area is 299 Å². The maximum absolute atomic E-state index is 2.35. The van der Waals surface area contributed by atoms with Gasteiger partial charge in [-0.15, -0.1) is 0 Å². The molecule has 0 spiro atoms. The third-order valence-corrected chi connectivity index (χ3v) is 9.90. The molecule has 0 aliphatic heterocycles. The molecule has 51 heavy (non-hydrogen) atoms. The molecule has 0 bridgehead atoms. The van der Waals surface area contributed by atoms with Crippen LogP contribution in [-0.4, -0.2) is 0 Å². The van der Waals surface area contributed by atoms with Crippen LogP contribution < -0.4 is 4.90 Å². The zero-order valence-corrected chi connectivity index (χ0v) is 28.2. The molecule has 9 aromatic rings. The molecule has 9 aromatic carbocycles. The monoisotopic (exact) mass is 649 g/mol. The summed E-state index contributed by atoms with van der Waals surface area (Å²) < 4.78 is 0. The van der Waals surface area contributed by atoms with Gasteiger partial charge in [0.25, 0.3) is 0 Å². The largest absolute Gasteiger partial charge is 0.311 e. The summed E-state index contributed by atoms with van der Waals surface area (Å²) in [6.45, 7) is 0. The molecule has 0 saturated carbocycles. The van der Waals surface area contributed by atoms with Crippen LogP contribution in [0.15, 0.2) is 212 Å². The van der Waals surface area contributed by atoms with Crippen molar-refractivity contribution in [2.24, 2.45) is 0 Å². The second-order valence-corrected chi connectivity index (χ2v) is 13.0. The lowest BCUT2D eigenvalue weighted by Crippen LogP contribution is -2.09. The van der Waals surface area contributed by atoms with E-state index < -0.39 is 0 Å². The number of hydrogen-bond donors (Lipinski definition) is 0. The van der Waals surface area contributed by atoms with E-state index in [1.807, 2.05) is 0 Å². The molecular weight excluding hydrogens is 615 g/mol. The van der Waals surface area contributed by atoms with E-state index in [0.717, 1.165) is 17.1 Å². The fraction of sp³-hybridized carbons (Fsp3) is 0. The Morgan fingerprint density at radius 2 is 0.529 bits per heavy atom. The van der Waals surface area contributed by atoms with Crippen LogP contribution in [0.5, 0.6) is 0 Å². The zero-order valence-electron chi connectivity index (χ0n) is 28.2. The van der Waals surface area contributed by atoms with E-state index in [2.05, 4.69) is 217 Å². The third-order valence-electron chi connectivity index (χ3n) is 9.90. The van der Waals surface area contributed by atoms with E-state index in [9.17, 15) is 0 Å². The average Bonchev–Trinajstić information content (AvgIpc) is 3.22. The van der Waals surface area contributed by atoms with Gasteiger partial charge in [0.1, 0.15) is 0 Å². The van der Waals surface area contributed by atoms with Gasteiger partial charge in [-0.25, -0.2) is 0 Å². The maximum Gasteiger partial charge on any atom is 0.0462 e. The van der Waals surface area contributed by atoms with Gasteiger partial charge in [-0.1, -0.05) is 176 Å². The van der Waals surface area contributed by atoms with Gasteiger partial charge in [-0.2, -0.15) is 0 Å². The predicted molar refractivity (Wildman–Crippen MR) is 218 cm³/mol. The summed E-state index contributed by atoms with van der Waals surface area (Å²) in [4.78, 5) is 2.35. The van der Waals surface area contributed by atoms with Crippen molar-refractivity contribution in [1.82, 2.24) is 0 Å². The first-order valence-corrected chi connectivity index (χ1v) is 17.5. The van der Waals surface area contributed by atoms with Crippen LogP contribution in [0.4, 0.5) is 17.1 Å². The van der Waals surface area contributed by atoms with Crippen molar-refractivity contribution in [1.29, 1.82) is 0 Å². The highest BCUT2D eigenvalue weighted by molar-refractivity contribution is 5.98. The number of benzene rings is 9. The van der Waals surface area contributed by atoms with Crippen LogP contribution in [0, 0.1) is 0 Å². The molecule has 0 radical (unpaired) electrons. The van der Waals surface area contributed by atoms with Crippen molar-refractivity contribution in [2.75, 3.05) is 4.90 Å². The standard InChI is InChI=1S/C50H35N/c1-2-10-36(11-3-1)37-20-22-38(23-21-37)39-24-30-44(31-25-39)51(45-32-26-42(27-33-45)49-18-8-14-40-12-4-6-16-47(40)49)46-34-28-43(29-35-46)50-19-9-15-41-13-5-7-17-48(41)50/h1-35H. The number of anilines is 3. The Morgan fingerprint density at radius 1 is 0.216 bits per heavy atom. The van der Waals surface area contributed by atoms with Crippen LogP contribution in [0.1, 0.15) is 0 Å². The molecule has 0 atom stereocenters. The first-order chi connectivity index (χ1) is 25.3. The molecule has 0 saturated heterocycles. The highest BCUT2D eigenvalue weighted by atomic mass is 15.1. The van der Waals surface area contributed by atoms with E-state index in [0.29, 0.717) is 0 Å². The van der Waals surface area contributed by atoms with Gasteiger partial charge >= 0.3 is 0 Å². The Kier molecular flexibility index (Phi) is 7.92. The smallest absolute Gasteiger partial charge is 0.0462 e. The molecule has 0 aliphatic rings. The normalized spacial score (nSPS) is 11.1. The van der Waals surface area contributed by atoms with Crippen molar-refractivity contribution in [3.63, 3.8) is 0 Å². The molecule has 0 heterocycles. The van der Waals surface area contributed by atoms with Gasteiger partial charge in [-0.05, 0) is 102 Å². The molecule has 0 aromatic heterocycles. The second-order valence-electron chi connectivity index (χ2n) is 13.0. The van der Waals surface area contributed by atoms with Crippen molar-refractivity contribution in [3.8, 4) is 44.5 Å². The Morgan fingerprint density at radius 3 is 0.961 bits per heavy atom. The Balaban J connectivity index is 1.08. The minimum absolute atomic E-state index is 1.11. The summed E-state index contributed by atoms with van der Waals surface area (Å²) in [6, 6.07) is 76.6. The molecule has 9 rings (SSSR count). The van der Waals surface area contributed by atoms with Crippen molar-refractivity contribution >= 4 is 38.6 Å². The van der Waals surface area contributed by atoms with Gasteiger partial charge in [0, 0.05) is 17.1 Å². The molecule has 0 fully saturated rings. The third kappa shape index (κ3) is 5.96. The van der Waals surface area contributed by atoms with E-state index in [4.69, 9.17) is 0 Å². The van der Waals surface area contributed by atoms with Crippen LogP contribution in [0.2, 0.25) is 0 Å². The molecule has 240 valence electrons. The minimum atomic E-state index is 1.11. The van der Waals surface area contributed by atoms with E-state index in [-0.39, 0.29) is 0 Å². The van der Waals surface area contributed by atoms with Crippen LogP contribution >= 0.6 is 0 Å². The van der Waals surface area contributed by atoms with E-state index >= 15 is 0 Å². The summed E-state index contributed by atoms with van der Waals surface area (Å²) in [6.07, 6.45) is 0. The van der Waals surface area contributed by atoms with E-state index in [1.165, 1.54) is 66.1 Å². The van der Waals surface area contributed by atoms with E-state index in [1.54, 1.807) is 0 Å². The van der Waals surface area contributed by atoms with Crippen molar-refractivity contribution < 1.29 is 0 Å². The number of fused-ring (bicyclic) bond motifs is 2. The van der Waals surface area contributed by atoms with Crippen LogP contribution in [0.25, 0.3) is 66.1 Å². The molecule has 1 heteroatoms. The van der Waals surface area contributed by atoms with Crippen molar-refractivity contribution in [3.05, 3.63) is 212 Å². The number of nitrogens with zero attached hydrogens (tertiary/aromatic N) is 1. The molecular formula is C50H35N. The highest BCUT2D eigenvalue weighted by Crippen LogP contribution is 2.39. The summed E-state index contributed by atoms with van der Waals surface area (Å²) in [5.74, 6) is 0. The predicted octanol–water partition coefficient (Wildman–Crippen LogP) is 14.1. The Hall–Kier alpha value is -6.70. The summed E-state index contributed by atoms with van der Waals surface area (Å²) >= 11 is 0. The van der Waals surface area contributed by atoms with Crippen molar-refractivity contribution in [2.45, 2.75) is 0 Å². The molecule has 0 aliphatic carbocycles. The van der Waals surface area contributed by atoms with Crippen LogP contribution in [-0.2, 0) is 0 Å². The SMILES string of the molecule is c1ccc(-c2ccc(-c3ccc(N(c4ccc(-c5cccc6ccccc56)cc4)c4ccc(-c5cccc6ccccc56)cc4)cc3)cc2)cc1. The zero-order chi connectivity index (χ0) is 34.0. The lowest BCUT2D eigenvalue weighted by atomic mass is 9.97. The topological polar surface area (TPSA) is 3.24 Å². The first-order valence-electron chi connectivity index (χ1n) is 17.5.